The van der Waals surface area contributed by atoms with Gasteiger partial charge in [0, 0.05) is 39.3 Å². The molecule has 0 aliphatic carbocycles. The summed E-state index contributed by atoms with van der Waals surface area (Å²) < 4.78 is 57.6. The lowest BCUT2D eigenvalue weighted by Crippen LogP contribution is -2.79. The van der Waals surface area contributed by atoms with E-state index in [0.717, 1.165) is 61.7 Å². The first-order valence-electron chi connectivity index (χ1n) is 15.0. The van der Waals surface area contributed by atoms with Gasteiger partial charge in [-0.1, -0.05) is 5.21 Å². The molecule has 0 saturated carbocycles. The average molecular weight is 725 g/mol. The molecule has 272 valence electrons. The summed E-state index contributed by atoms with van der Waals surface area (Å²) >= 11 is 0. The third-order valence-electron chi connectivity index (χ3n) is 8.08. The lowest BCUT2D eigenvalue weighted by Gasteiger charge is -2.53. The lowest BCUT2D eigenvalue weighted by molar-refractivity contribution is -0.384. The number of benzene rings is 1. The molecule has 2 saturated heterocycles. The number of likely N-dealkylation sites (tertiary alicyclic amines) is 1. The summed E-state index contributed by atoms with van der Waals surface area (Å²) in [4.78, 5) is 73.6. The maximum absolute atomic E-state index is 13.9. The summed E-state index contributed by atoms with van der Waals surface area (Å²) in [6.07, 6.45) is -5.33. The zero-order valence-electron chi connectivity index (χ0n) is 28.0. The molecule has 1 amide bonds. The van der Waals surface area contributed by atoms with Crippen LogP contribution in [-0.4, -0.2) is 112 Å². The number of β-lactam (4-membered cyclic amide) rings is 1. The summed E-state index contributed by atoms with van der Waals surface area (Å²) in [7, 11) is -3.38. The predicted octanol–water partition coefficient (Wildman–Crippen LogP) is -0.0477. The molecule has 0 spiro atoms. The van der Waals surface area contributed by atoms with E-state index in [4.69, 9.17) is 23.7 Å². The molecule has 3 heterocycles. The first-order valence-corrected chi connectivity index (χ1v) is 16.5. The van der Waals surface area contributed by atoms with Gasteiger partial charge in [0.25, 0.3) is 5.69 Å². The fourth-order valence-electron chi connectivity index (χ4n) is 5.72. The summed E-state index contributed by atoms with van der Waals surface area (Å²) in [5.41, 5.74) is -3.75. The number of sulfonamides is 1. The number of amides is 1. The van der Waals surface area contributed by atoms with E-state index in [1.807, 2.05) is 0 Å². The number of hydrogen-bond acceptors (Lipinski definition) is 16. The van der Waals surface area contributed by atoms with Gasteiger partial charge in [-0.3, -0.25) is 29.3 Å². The second-order valence-electron chi connectivity index (χ2n) is 12.2. The Morgan fingerprint density at radius 2 is 1.60 bits per heavy atom. The van der Waals surface area contributed by atoms with Crippen LogP contribution in [0.3, 0.4) is 0 Å². The van der Waals surface area contributed by atoms with Gasteiger partial charge in [-0.05, 0) is 32.9 Å². The monoisotopic (exact) mass is 724 g/mol. The third kappa shape index (κ3) is 7.58. The Kier molecular flexibility index (Phi) is 10.6. The number of ether oxygens (including phenoxy) is 5. The number of nitrogens with zero attached hydrogens (tertiary/aromatic N) is 5. The van der Waals surface area contributed by atoms with Gasteiger partial charge < -0.3 is 28.6 Å². The number of nitro benzene ring substituents is 1. The number of hydrogen-bond donors (Lipinski definition) is 1. The van der Waals surface area contributed by atoms with Gasteiger partial charge in [0.1, 0.15) is 11.1 Å². The average Bonchev–Trinajstić information content (AvgIpc) is 3.49. The third-order valence-corrected chi connectivity index (χ3v) is 9.63. The van der Waals surface area contributed by atoms with Crippen molar-refractivity contribution in [1.29, 1.82) is 0 Å². The number of non-ortho nitro benzene ring substituents is 1. The Hall–Kier alpha value is -5.02. The fourth-order valence-corrected chi connectivity index (χ4v) is 7.07. The number of carbonyl (C=O) groups is 5. The molecular formula is C29H36N6O14S. The molecule has 4 rings (SSSR count). The van der Waals surface area contributed by atoms with Crippen LogP contribution in [-0.2, 0) is 64.1 Å². The van der Waals surface area contributed by atoms with E-state index in [-0.39, 0.29) is 22.8 Å². The Morgan fingerprint density at radius 1 is 1.04 bits per heavy atom. The molecule has 2 fully saturated rings. The zero-order valence-corrected chi connectivity index (χ0v) is 28.9. The molecule has 20 nitrogen and oxygen atoms in total. The highest BCUT2D eigenvalue weighted by molar-refractivity contribution is 7.89. The van der Waals surface area contributed by atoms with E-state index < -0.39 is 92.9 Å². The minimum absolute atomic E-state index is 0.0317. The summed E-state index contributed by atoms with van der Waals surface area (Å²) in [5, 5.41) is 19.2. The van der Waals surface area contributed by atoms with Crippen LogP contribution < -0.4 is 4.72 Å². The van der Waals surface area contributed by atoms with Crippen LogP contribution in [0.2, 0.25) is 0 Å². The lowest BCUT2D eigenvalue weighted by atomic mass is 9.81. The molecular weight excluding hydrogens is 688 g/mol. The number of rotatable bonds is 12. The number of carbonyl (C=O) groups excluding carboxylic acids is 5. The van der Waals surface area contributed by atoms with Gasteiger partial charge in [-0.25, -0.2) is 17.9 Å². The number of nitro groups is 1. The molecule has 2 aliphatic rings. The first kappa shape index (κ1) is 37.8. The fraction of sp³-hybridized carbons (Fsp3) is 0.552. The van der Waals surface area contributed by atoms with Crippen LogP contribution >= 0.6 is 0 Å². The van der Waals surface area contributed by atoms with Crippen LogP contribution in [0.5, 0.6) is 0 Å². The van der Waals surface area contributed by atoms with Crippen LogP contribution in [0.15, 0.2) is 35.4 Å². The molecule has 0 radical (unpaired) electrons. The minimum Gasteiger partial charge on any atom is -0.467 e. The largest absolute Gasteiger partial charge is 0.467 e. The molecule has 1 N–H and O–H groups in total. The summed E-state index contributed by atoms with van der Waals surface area (Å²) in [6.45, 7) is 7.36. The van der Waals surface area contributed by atoms with Crippen molar-refractivity contribution in [1.82, 2.24) is 24.6 Å². The van der Waals surface area contributed by atoms with Gasteiger partial charge in [-0.2, -0.15) is 4.72 Å². The number of nitrogens with one attached hydrogen (secondary N) is 1. The van der Waals surface area contributed by atoms with Gasteiger partial charge >= 0.3 is 23.9 Å². The highest BCUT2D eigenvalue weighted by Crippen LogP contribution is 2.37. The van der Waals surface area contributed by atoms with Gasteiger partial charge in [0.15, 0.2) is 24.5 Å². The second kappa shape index (κ2) is 14.1. The standard InChI is InChI=1S/C29H36N6O14S/c1-15-22(47-16(2)36)23(48-17(3)37)24(49-18(4)38)25(46-15)34-13-19(30-32-34)12-29(14-33(26(29)39)28(5,6)27(40)45-7)31-50(43,44)21-10-8-20(9-11-21)35(41)42/h8-11,13,15,22-25,31H,12,14H2,1-7H3/t15-,22+,23+,24-,25-,29+/m0/s1. The van der Waals surface area contributed by atoms with Crippen LogP contribution in [0.1, 0.15) is 53.5 Å². The van der Waals surface area contributed by atoms with E-state index in [1.54, 1.807) is 0 Å². The molecule has 6 atom stereocenters. The topological polar surface area (TPSA) is 255 Å². The van der Waals surface area contributed by atoms with Crippen molar-refractivity contribution in [3.63, 3.8) is 0 Å². The van der Waals surface area contributed by atoms with E-state index in [2.05, 4.69) is 15.0 Å². The molecule has 1 aromatic carbocycles. The Morgan fingerprint density at radius 3 is 2.12 bits per heavy atom. The quantitative estimate of drug-likeness (QED) is 0.0990. The van der Waals surface area contributed by atoms with Crippen LogP contribution in [0.4, 0.5) is 5.69 Å². The van der Waals surface area contributed by atoms with Crippen molar-refractivity contribution < 1.29 is 61.0 Å². The van der Waals surface area contributed by atoms with Crippen LogP contribution in [0.25, 0.3) is 0 Å². The molecule has 0 bridgehead atoms. The Labute approximate surface area is 285 Å². The summed E-state index contributed by atoms with van der Waals surface area (Å²) in [6, 6.07) is 3.98. The number of esters is 4. The van der Waals surface area contributed by atoms with Gasteiger partial charge in [0.05, 0.1) is 41.5 Å². The highest BCUT2D eigenvalue weighted by Gasteiger charge is 2.60. The first-order chi connectivity index (χ1) is 23.2. The van der Waals surface area contributed by atoms with Crippen molar-refractivity contribution in [2.75, 3.05) is 13.7 Å². The molecule has 2 aliphatic heterocycles. The van der Waals surface area contributed by atoms with E-state index in [0.29, 0.717) is 0 Å². The van der Waals surface area contributed by atoms with Crippen molar-refractivity contribution in [2.24, 2.45) is 0 Å². The van der Waals surface area contributed by atoms with Crippen molar-refractivity contribution >= 4 is 45.5 Å². The highest BCUT2D eigenvalue weighted by atomic mass is 32.2. The smallest absolute Gasteiger partial charge is 0.331 e. The maximum Gasteiger partial charge on any atom is 0.331 e. The molecule has 2 aromatic rings. The van der Waals surface area contributed by atoms with Crippen molar-refractivity contribution in [3.8, 4) is 0 Å². The molecule has 1 aromatic heterocycles. The Balaban J connectivity index is 1.71. The predicted molar refractivity (Wildman–Crippen MR) is 164 cm³/mol. The van der Waals surface area contributed by atoms with Gasteiger partial charge in [-0.15, -0.1) is 5.10 Å². The SMILES string of the molecule is COC(=O)C(C)(C)N1C[C@@](Cc2cn([C@H]3O[C@@H](C)[C@@H](OC(C)=O)[C@@H](OC(C)=O)[C@@H]3OC(C)=O)nn2)(NS(=O)(=O)c2ccc([N+](=O)[O-])cc2)C1=O. The maximum atomic E-state index is 13.9. The molecule has 21 heteroatoms. The minimum atomic E-state index is -4.51. The van der Waals surface area contributed by atoms with Gasteiger partial charge in [0.2, 0.25) is 15.9 Å². The van der Waals surface area contributed by atoms with Crippen LogP contribution in [0, 0.1) is 10.1 Å². The molecule has 0 unspecified atom stereocenters. The van der Waals surface area contributed by atoms with Crippen molar-refractivity contribution in [2.45, 2.75) is 94.6 Å². The second-order valence-corrected chi connectivity index (χ2v) is 13.9. The molecule has 50 heavy (non-hydrogen) atoms. The van der Waals surface area contributed by atoms with Crippen molar-refractivity contribution in [3.05, 3.63) is 46.3 Å². The zero-order chi connectivity index (χ0) is 37.3. The van der Waals surface area contributed by atoms with E-state index >= 15 is 0 Å². The number of methoxy groups -OCH3 is 1. The Bertz CT molecular complexity index is 1790. The number of aromatic nitrogens is 3. The van der Waals surface area contributed by atoms with E-state index in [9.17, 15) is 42.5 Å². The summed E-state index contributed by atoms with van der Waals surface area (Å²) in [5.74, 6) is -3.88. The normalized spacial score (nSPS) is 25.2. The van der Waals surface area contributed by atoms with E-state index in [1.165, 1.54) is 27.0 Å².